The van der Waals surface area contributed by atoms with Gasteiger partial charge in [-0.15, -0.1) is 0 Å². The molecule has 0 aliphatic carbocycles. The molecule has 13 nitrogen and oxygen atoms in total. The van der Waals surface area contributed by atoms with Crippen LogP contribution in [0, 0.1) is 5.92 Å². The Morgan fingerprint density at radius 1 is 0.956 bits per heavy atom. The van der Waals surface area contributed by atoms with Crippen LogP contribution in [-0.4, -0.2) is 81.4 Å². The molecule has 1 aliphatic heterocycles. The molecular weight excluding hydrogens is 574 g/mol. The molecule has 1 aliphatic rings. The van der Waals surface area contributed by atoms with E-state index in [1.54, 1.807) is 4.57 Å². The second-order valence-electron chi connectivity index (χ2n) is 11.6. The first-order valence-electron chi connectivity index (χ1n) is 15.3. The summed E-state index contributed by atoms with van der Waals surface area (Å²) in [6, 6.07) is 20.2. The highest BCUT2D eigenvalue weighted by molar-refractivity contribution is 5.84. The van der Waals surface area contributed by atoms with Crippen LogP contribution in [0.3, 0.4) is 0 Å². The van der Waals surface area contributed by atoms with Crippen molar-refractivity contribution in [1.82, 2.24) is 34.7 Å². The van der Waals surface area contributed by atoms with Crippen molar-refractivity contribution in [2.45, 2.75) is 63.7 Å². The number of aliphatic hydroxyl groups excluding tert-OH is 3. The smallest absolute Gasteiger partial charge is 0.227 e. The number of hydrogen-bond acceptors (Lipinski definition) is 11. The lowest BCUT2D eigenvalue weighted by Gasteiger charge is -2.22. The topological polar surface area (TPSA) is 179 Å². The number of nitrogens with zero attached hydrogens (tertiary/aromatic N) is 6. The molecule has 236 valence electrons. The molecule has 0 bridgehead atoms. The van der Waals surface area contributed by atoms with Crippen LogP contribution in [0.15, 0.2) is 67.0 Å². The maximum Gasteiger partial charge on any atom is 0.227 e. The Labute approximate surface area is 260 Å². The normalized spacial score (nSPS) is 20.7. The van der Waals surface area contributed by atoms with E-state index in [2.05, 4.69) is 55.1 Å². The minimum absolute atomic E-state index is 0.0158. The fourth-order valence-electron chi connectivity index (χ4n) is 5.58. The number of anilines is 2. The van der Waals surface area contributed by atoms with Crippen LogP contribution in [0.1, 0.15) is 61.8 Å². The van der Waals surface area contributed by atoms with Gasteiger partial charge in [-0.3, -0.25) is 9.67 Å². The zero-order valence-electron chi connectivity index (χ0n) is 25.4. The van der Waals surface area contributed by atoms with Crippen LogP contribution in [-0.2, 0) is 11.2 Å². The van der Waals surface area contributed by atoms with Gasteiger partial charge in [-0.2, -0.15) is 15.1 Å². The van der Waals surface area contributed by atoms with Crippen molar-refractivity contribution in [2.75, 3.05) is 23.8 Å². The maximum atomic E-state index is 11.1. The first kappa shape index (κ1) is 30.6. The maximum absolute atomic E-state index is 11.1. The largest absolute Gasteiger partial charge is 0.394 e. The second-order valence-corrected chi connectivity index (χ2v) is 11.6. The molecule has 6 rings (SSSR count). The minimum Gasteiger partial charge on any atom is -0.394 e. The molecule has 0 saturated carbocycles. The summed E-state index contributed by atoms with van der Waals surface area (Å²) in [5.41, 5.74) is 3.13. The number of rotatable bonds is 12. The molecule has 2 aromatic carbocycles. The van der Waals surface area contributed by atoms with E-state index < -0.39 is 24.5 Å². The zero-order chi connectivity index (χ0) is 31.5. The van der Waals surface area contributed by atoms with Gasteiger partial charge in [0, 0.05) is 18.9 Å². The zero-order valence-corrected chi connectivity index (χ0v) is 25.4. The number of ether oxygens (including phenoxy) is 1. The Balaban J connectivity index is 1.37. The third-order valence-electron chi connectivity index (χ3n) is 8.27. The van der Waals surface area contributed by atoms with E-state index in [0.29, 0.717) is 35.8 Å². The first-order chi connectivity index (χ1) is 21.9. The quantitative estimate of drug-likeness (QED) is 0.122. The third-order valence-corrected chi connectivity index (χ3v) is 8.27. The summed E-state index contributed by atoms with van der Waals surface area (Å²) in [4.78, 5) is 18.5. The SMILES string of the molecule is CCc1nc([C@H]2O[C@@H](n3cnc4c(NCC(c5ccccc5)c5ccccc5)nc(N[C@H](CO)C(C)C)nc43)[C@H](O)[C@@H]2O)n[nH]1. The lowest BCUT2D eigenvalue weighted by atomic mass is 9.91. The monoisotopic (exact) mass is 613 g/mol. The summed E-state index contributed by atoms with van der Waals surface area (Å²) >= 11 is 0. The molecule has 45 heavy (non-hydrogen) atoms. The van der Waals surface area contributed by atoms with E-state index in [4.69, 9.17) is 14.7 Å². The van der Waals surface area contributed by atoms with Gasteiger partial charge in [-0.05, 0) is 17.0 Å². The number of H-pyrrole nitrogens is 1. The van der Waals surface area contributed by atoms with Gasteiger partial charge in [-0.1, -0.05) is 81.4 Å². The van der Waals surface area contributed by atoms with Crippen molar-refractivity contribution in [3.8, 4) is 0 Å². The van der Waals surface area contributed by atoms with Crippen molar-refractivity contribution in [3.63, 3.8) is 0 Å². The van der Waals surface area contributed by atoms with Crippen LogP contribution < -0.4 is 10.6 Å². The third kappa shape index (κ3) is 6.25. The van der Waals surface area contributed by atoms with Crippen molar-refractivity contribution in [3.05, 3.63) is 89.8 Å². The van der Waals surface area contributed by atoms with E-state index >= 15 is 0 Å². The predicted molar refractivity (Wildman–Crippen MR) is 169 cm³/mol. The molecule has 5 atom stereocenters. The van der Waals surface area contributed by atoms with Crippen molar-refractivity contribution in [2.24, 2.45) is 5.92 Å². The van der Waals surface area contributed by atoms with E-state index in [0.717, 1.165) is 11.1 Å². The number of aryl methyl sites for hydroxylation is 1. The lowest BCUT2D eigenvalue weighted by Crippen LogP contribution is -2.31. The van der Waals surface area contributed by atoms with Gasteiger partial charge in [0.1, 0.15) is 18.0 Å². The molecule has 1 saturated heterocycles. The summed E-state index contributed by atoms with van der Waals surface area (Å²) in [5, 5.41) is 45.8. The average Bonchev–Trinajstić information content (AvgIpc) is 3.78. The van der Waals surface area contributed by atoms with E-state index in [1.165, 1.54) is 6.33 Å². The second kappa shape index (κ2) is 13.3. The molecule has 0 radical (unpaired) electrons. The Hall–Kier alpha value is -4.43. The Bertz CT molecular complexity index is 1660. The Morgan fingerprint density at radius 2 is 1.64 bits per heavy atom. The highest BCUT2D eigenvalue weighted by atomic mass is 16.6. The lowest BCUT2D eigenvalue weighted by molar-refractivity contribution is -0.0382. The Kier molecular flexibility index (Phi) is 9.03. The predicted octanol–water partition coefficient (Wildman–Crippen LogP) is 3.17. The van der Waals surface area contributed by atoms with Crippen molar-refractivity contribution >= 4 is 22.9 Å². The van der Waals surface area contributed by atoms with Gasteiger partial charge in [0.25, 0.3) is 0 Å². The van der Waals surface area contributed by atoms with Gasteiger partial charge in [-0.25, -0.2) is 9.97 Å². The van der Waals surface area contributed by atoms with Crippen molar-refractivity contribution in [1.29, 1.82) is 0 Å². The van der Waals surface area contributed by atoms with Crippen LogP contribution in [0.5, 0.6) is 0 Å². The molecular formula is C32H39N9O4. The van der Waals surface area contributed by atoms with Crippen LogP contribution in [0.25, 0.3) is 11.2 Å². The molecule has 6 N–H and O–H groups in total. The molecule has 4 heterocycles. The number of benzene rings is 2. The van der Waals surface area contributed by atoms with Crippen LogP contribution in [0.4, 0.5) is 11.8 Å². The van der Waals surface area contributed by atoms with E-state index in [1.807, 2.05) is 57.2 Å². The first-order valence-corrected chi connectivity index (χ1v) is 15.3. The molecule has 0 unspecified atom stereocenters. The molecule has 0 spiro atoms. The van der Waals surface area contributed by atoms with Gasteiger partial charge in [0.15, 0.2) is 35.1 Å². The van der Waals surface area contributed by atoms with Crippen molar-refractivity contribution < 1.29 is 20.1 Å². The fraction of sp³-hybridized carbons (Fsp3) is 0.406. The van der Waals surface area contributed by atoms with Gasteiger partial charge in [0.2, 0.25) is 5.95 Å². The molecule has 13 heteroatoms. The van der Waals surface area contributed by atoms with Crippen LogP contribution in [0.2, 0.25) is 0 Å². The number of aliphatic hydroxyl groups is 3. The number of fused-ring (bicyclic) bond motifs is 1. The highest BCUT2D eigenvalue weighted by Crippen LogP contribution is 2.39. The fourth-order valence-corrected chi connectivity index (χ4v) is 5.58. The number of aromatic amines is 1. The molecule has 1 fully saturated rings. The molecule has 3 aromatic heterocycles. The molecule has 5 aromatic rings. The number of aromatic nitrogens is 7. The number of nitrogens with one attached hydrogen (secondary N) is 3. The van der Waals surface area contributed by atoms with E-state index in [9.17, 15) is 15.3 Å². The standard InChI is InChI=1S/C32H39N9O4/c1-4-23-36-29(40-39-23)27-25(43)26(44)31(45-27)41-17-34-24-28(37-32(38-30(24)41)35-22(16-42)18(2)3)33-15-21(19-11-7-5-8-12-19)20-13-9-6-10-14-20/h5-14,17-18,21-22,25-27,31,42-44H,4,15-16H2,1-3H3,(H,36,39,40)(H2,33,35,37,38)/t22-,25+,26-,27+,31-/m1/s1. The summed E-state index contributed by atoms with van der Waals surface area (Å²) in [7, 11) is 0. The van der Waals surface area contributed by atoms with Crippen LogP contribution >= 0.6 is 0 Å². The number of hydrogen-bond donors (Lipinski definition) is 6. The number of imidazole rings is 1. The van der Waals surface area contributed by atoms with Gasteiger partial charge in [0.05, 0.1) is 19.0 Å². The van der Waals surface area contributed by atoms with Gasteiger partial charge < -0.3 is 30.7 Å². The van der Waals surface area contributed by atoms with E-state index in [-0.39, 0.29) is 36.3 Å². The average molecular weight is 614 g/mol. The summed E-state index contributed by atoms with van der Waals surface area (Å²) < 4.78 is 7.74. The Morgan fingerprint density at radius 3 is 2.24 bits per heavy atom. The summed E-state index contributed by atoms with van der Waals surface area (Å²) in [5.74, 6) is 1.79. The summed E-state index contributed by atoms with van der Waals surface area (Å²) in [6.07, 6.45) is -2.40. The minimum atomic E-state index is -1.31. The molecule has 0 amide bonds. The summed E-state index contributed by atoms with van der Waals surface area (Å²) in [6.45, 7) is 6.33. The highest BCUT2D eigenvalue weighted by Gasteiger charge is 2.47. The van der Waals surface area contributed by atoms with Gasteiger partial charge >= 0.3 is 0 Å².